The SMILES string of the molecule is Nc1cc(B(O)O)cc2c1cnn2PI. The van der Waals surface area contributed by atoms with Crippen molar-refractivity contribution in [1.29, 1.82) is 0 Å². The number of nitrogens with two attached hydrogens (primary N) is 1. The van der Waals surface area contributed by atoms with E-state index in [1.54, 1.807) is 22.8 Å². The third-order valence-corrected chi connectivity index (χ3v) is 4.01. The summed E-state index contributed by atoms with van der Waals surface area (Å²) in [7, 11) is -1.50. The van der Waals surface area contributed by atoms with Gasteiger partial charge < -0.3 is 15.8 Å². The van der Waals surface area contributed by atoms with E-state index in [0.717, 1.165) is 10.9 Å². The van der Waals surface area contributed by atoms with E-state index >= 15 is 0 Å². The second-order valence-electron chi connectivity index (χ2n) is 3.06. The second-order valence-corrected chi connectivity index (χ2v) is 5.10. The van der Waals surface area contributed by atoms with Gasteiger partial charge in [-0.3, -0.25) is 0 Å². The van der Waals surface area contributed by atoms with Crippen LogP contribution in [-0.4, -0.2) is 26.7 Å². The van der Waals surface area contributed by atoms with E-state index < -0.39 is 7.12 Å². The Morgan fingerprint density at radius 2 is 2.20 bits per heavy atom. The zero-order valence-electron chi connectivity index (χ0n) is 7.55. The van der Waals surface area contributed by atoms with Crippen molar-refractivity contribution in [3.05, 3.63) is 18.3 Å². The second kappa shape index (κ2) is 4.25. The highest BCUT2D eigenvalue weighted by Crippen LogP contribution is 2.29. The fraction of sp³-hybridized carbons (Fsp3) is 0. The quantitative estimate of drug-likeness (QED) is 0.314. The molecule has 15 heavy (non-hydrogen) atoms. The molecule has 4 N–H and O–H groups in total. The molecule has 2 aromatic rings. The smallest absolute Gasteiger partial charge is 0.423 e. The summed E-state index contributed by atoms with van der Waals surface area (Å²) in [5.41, 5.74) is 7.51. The minimum absolute atomic E-state index is 0.386. The number of hydrogen-bond acceptors (Lipinski definition) is 4. The Hall–Kier alpha value is -0.365. The molecule has 0 spiro atoms. The average molecular weight is 335 g/mol. The van der Waals surface area contributed by atoms with Crippen LogP contribution in [0.2, 0.25) is 0 Å². The summed E-state index contributed by atoms with van der Waals surface area (Å²) in [6.45, 7) is 0. The Morgan fingerprint density at radius 3 is 2.80 bits per heavy atom. The predicted molar refractivity (Wildman–Crippen MR) is 71.7 cm³/mol. The van der Waals surface area contributed by atoms with Gasteiger partial charge >= 0.3 is 7.12 Å². The van der Waals surface area contributed by atoms with Gasteiger partial charge in [-0.1, -0.05) is 0 Å². The van der Waals surface area contributed by atoms with Crippen LogP contribution in [0.1, 0.15) is 0 Å². The third kappa shape index (κ3) is 1.97. The first-order valence-corrected chi connectivity index (χ1v) is 8.19. The Morgan fingerprint density at radius 1 is 1.47 bits per heavy atom. The normalized spacial score (nSPS) is 11.7. The van der Waals surface area contributed by atoms with E-state index in [4.69, 9.17) is 15.8 Å². The lowest BCUT2D eigenvalue weighted by molar-refractivity contribution is 0.426. The molecule has 0 saturated heterocycles. The lowest BCUT2D eigenvalue weighted by Crippen LogP contribution is -2.30. The van der Waals surface area contributed by atoms with Crippen molar-refractivity contribution >= 4 is 57.6 Å². The minimum Gasteiger partial charge on any atom is -0.423 e. The fourth-order valence-corrected chi connectivity index (χ4v) is 2.92. The molecule has 5 nitrogen and oxygen atoms in total. The molecule has 1 aromatic heterocycles. The fourth-order valence-electron chi connectivity index (χ4n) is 1.39. The van der Waals surface area contributed by atoms with Crippen LogP contribution in [0.5, 0.6) is 0 Å². The van der Waals surface area contributed by atoms with Crippen LogP contribution in [0.25, 0.3) is 10.9 Å². The summed E-state index contributed by atoms with van der Waals surface area (Å²) in [6.07, 6.45) is 2.14. The maximum atomic E-state index is 9.08. The highest BCUT2D eigenvalue weighted by atomic mass is 127. The molecule has 1 atom stereocenters. The monoisotopic (exact) mass is 335 g/mol. The van der Waals surface area contributed by atoms with Gasteiger partial charge in [-0.25, -0.2) is 4.45 Å². The number of nitrogen functional groups attached to an aromatic ring is 1. The summed E-state index contributed by atoms with van der Waals surface area (Å²) in [5.74, 6) is 0. The molecule has 78 valence electrons. The van der Waals surface area contributed by atoms with Gasteiger partial charge in [-0.05, 0) is 39.6 Å². The first-order chi connectivity index (χ1) is 7.13. The third-order valence-electron chi connectivity index (χ3n) is 2.12. The molecule has 0 saturated carbocycles. The van der Waals surface area contributed by atoms with E-state index in [-0.39, 0.29) is 0 Å². The number of nitrogens with zero attached hydrogens (tertiary/aromatic N) is 2. The van der Waals surface area contributed by atoms with Crippen molar-refractivity contribution in [2.45, 2.75) is 0 Å². The number of benzene rings is 1. The van der Waals surface area contributed by atoms with Crippen molar-refractivity contribution in [2.75, 3.05) is 5.73 Å². The Bertz CT molecular complexity index is 504. The highest BCUT2D eigenvalue weighted by molar-refractivity contribution is 14.2. The lowest BCUT2D eigenvalue weighted by atomic mass is 9.80. The number of anilines is 1. The molecule has 1 heterocycles. The summed E-state index contributed by atoms with van der Waals surface area (Å²) in [4.78, 5) is 0. The maximum Gasteiger partial charge on any atom is 0.488 e. The molecule has 0 aliphatic heterocycles. The number of aromatic nitrogens is 2. The van der Waals surface area contributed by atoms with Gasteiger partial charge in [-0.15, -0.1) is 0 Å². The van der Waals surface area contributed by atoms with E-state index in [2.05, 4.69) is 27.1 Å². The first kappa shape index (κ1) is 11.1. The van der Waals surface area contributed by atoms with Crippen molar-refractivity contribution in [2.24, 2.45) is 0 Å². The molecule has 0 radical (unpaired) electrons. The summed E-state index contributed by atoms with van der Waals surface area (Å²) < 4.78 is 1.78. The minimum atomic E-state index is -1.50. The molecular weight excluding hydrogens is 327 g/mol. The molecule has 0 bridgehead atoms. The first-order valence-electron chi connectivity index (χ1n) is 4.13. The topological polar surface area (TPSA) is 84.3 Å². The Kier molecular flexibility index (Phi) is 3.15. The van der Waals surface area contributed by atoms with Crippen molar-refractivity contribution < 1.29 is 10.0 Å². The summed E-state index contributed by atoms with van der Waals surface area (Å²) in [5, 5.41) is 23.1. The van der Waals surface area contributed by atoms with Crippen LogP contribution in [0.15, 0.2) is 18.3 Å². The van der Waals surface area contributed by atoms with E-state index in [0.29, 0.717) is 17.5 Å². The van der Waals surface area contributed by atoms with E-state index in [9.17, 15) is 0 Å². The van der Waals surface area contributed by atoms with E-state index in [1.165, 1.54) is 0 Å². The molecule has 2 rings (SSSR count). The molecule has 1 unspecified atom stereocenters. The molecule has 0 aliphatic rings. The largest absolute Gasteiger partial charge is 0.488 e. The van der Waals surface area contributed by atoms with Gasteiger partial charge in [0.15, 0.2) is 0 Å². The van der Waals surface area contributed by atoms with Gasteiger partial charge in [-0.2, -0.15) is 5.10 Å². The number of hydrogen-bond donors (Lipinski definition) is 3. The zero-order chi connectivity index (χ0) is 11.0. The molecular formula is C7H8BIN3O2P. The maximum absolute atomic E-state index is 9.08. The van der Waals surface area contributed by atoms with Gasteiger partial charge in [0.1, 0.15) is 0 Å². The van der Waals surface area contributed by atoms with Crippen LogP contribution in [0.4, 0.5) is 5.69 Å². The number of rotatable bonds is 2. The van der Waals surface area contributed by atoms with Gasteiger partial charge in [0.25, 0.3) is 0 Å². The zero-order valence-corrected chi connectivity index (χ0v) is 10.7. The van der Waals surface area contributed by atoms with Crippen molar-refractivity contribution in [3.8, 4) is 0 Å². The van der Waals surface area contributed by atoms with Gasteiger partial charge in [0, 0.05) is 11.1 Å². The van der Waals surface area contributed by atoms with Crippen LogP contribution in [-0.2, 0) is 0 Å². The van der Waals surface area contributed by atoms with Crippen molar-refractivity contribution in [1.82, 2.24) is 9.55 Å². The Labute approximate surface area is 101 Å². The van der Waals surface area contributed by atoms with Crippen LogP contribution in [0.3, 0.4) is 0 Å². The van der Waals surface area contributed by atoms with Gasteiger partial charge in [0.05, 0.1) is 18.1 Å². The van der Waals surface area contributed by atoms with E-state index in [1.807, 2.05) is 0 Å². The molecule has 0 aliphatic carbocycles. The average Bonchev–Trinajstić information content (AvgIpc) is 2.60. The molecule has 8 heteroatoms. The summed E-state index contributed by atoms with van der Waals surface area (Å²) in [6, 6.07) is 3.24. The van der Waals surface area contributed by atoms with Gasteiger partial charge in [0.2, 0.25) is 0 Å². The molecule has 1 aromatic carbocycles. The number of halogens is 1. The van der Waals surface area contributed by atoms with Crippen LogP contribution in [0, 0.1) is 0 Å². The molecule has 0 fully saturated rings. The highest BCUT2D eigenvalue weighted by Gasteiger charge is 2.15. The van der Waals surface area contributed by atoms with Crippen LogP contribution < -0.4 is 11.2 Å². The number of fused-ring (bicyclic) bond motifs is 1. The standard InChI is InChI=1S/C7H8BIN3O2P/c9-15-12-7-2-4(8(13)14)1-6(10)5(7)3-11-12/h1-3,13-15H,10H2. The molecule has 0 amide bonds. The lowest BCUT2D eigenvalue weighted by Gasteiger charge is -2.04. The Balaban J connectivity index is 2.71. The van der Waals surface area contributed by atoms with Crippen molar-refractivity contribution in [3.63, 3.8) is 0 Å². The predicted octanol–water partition coefficient (Wildman–Crippen LogP) is 0.0899. The summed E-state index contributed by atoms with van der Waals surface area (Å²) >= 11 is 2.20. The van der Waals surface area contributed by atoms with Crippen LogP contribution >= 0.6 is 28.4 Å².